The Morgan fingerprint density at radius 3 is 2.55 bits per heavy atom. The van der Waals surface area contributed by atoms with Crippen LogP contribution in [-0.2, 0) is 5.41 Å². The molecule has 0 unspecified atom stereocenters. The molecule has 1 fully saturated rings. The molecule has 3 aromatic rings. The molecule has 0 radical (unpaired) electrons. The third kappa shape index (κ3) is 1.61. The molecular formula is C16H14N2OS. The van der Waals surface area contributed by atoms with Crippen LogP contribution in [0.1, 0.15) is 24.1 Å². The average Bonchev–Trinajstić information content (AvgIpc) is 2.93. The molecule has 2 aromatic heterocycles. The van der Waals surface area contributed by atoms with E-state index in [2.05, 4.69) is 35.5 Å². The average molecular weight is 282 g/mol. The number of anilines is 1. The van der Waals surface area contributed by atoms with Crippen LogP contribution in [0.25, 0.3) is 10.4 Å². The van der Waals surface area contributed by atoms with Crippen molar-refractivity contribution in [3.63, 3.8) is 0 Å². The van der Waals surface area contributed by atoms with E-state index in [0.717, 1.165) is 29.0 Å². The minimum atomic E-state index is -0.0122. The summed E-state index contributed by atoms with van der Waals surface area (Å²) in [5.74, 6) is 0.421. The van der Waals surface area contributed by atoms with E-state index in [1.54, 1.807) is 11.3 Å². The summed E-state index contributed by atoms with van der Waals surface area (Å²) in [6.07, 6.45) is 2.20. The second-order valence-electron chi connectivity index (χ2n) is 5.20. The molecule has 0 aliphatic heterocycles. The lowest BCUT2D eigenvalue weighted by atomic mass is 9.89. The van der Waals surface area contributed by atoms with E-state index in [0.29, 0.717) is 5.88 Å². The number of aromatic nitrogens is 1. The lowest BCUT2D eigenvalue weighted by Gasteiger charge is -2.14. The van der Waals surface area contributed by atoms with Gasteiger partial charge in [0.15, 0.2) is 0 Å². The molecule has 2 N–H and O–H groups in total. The molecule has 100 valence electrons. The Hall–Kier alpha value is -2.07. The summed E-state index contributed by atoms with van der Waals surface area (Å²) >= 11 is 1.67. The molecule has 0 spiro atoms. The first-order valence-electron chi connectivity index (χ1n) is 6.66. The van der Waals surface area contributed by atoms with Gasteiger partial charge in [0.05, 0.1) is 5.56 Å². The summed E-state index contributed by atoms with van der Waals surface area (Å²) in [6, 6.07) is 14.6. The van der Waals surface area contributed by atoms with Gasteiger partial charge in [-0.25, -0.2) is 0 Å². The van der Waals surface area contributed by atoms with E-state index in [-0.39, 0.29) is 5.41 Å². The van der Waals surface area contributed by atoms with Crippen LogP contribution in [0.5, 0.6) is 0 Å². The van der Waals surface area contributed by atoms with Gasteiger partial charge in [-0.15, -0.1) is 11.3 Å². The summed E-state index contributed by atoms with van der Waals surface area (Å²) in [6.45, 7) is 0. The standard InChI is InChI=1S/C16H14N2OS/c17-15-13(12-7-4-10-20-12)14(18-19-15)16(8-9-16)11-5-2-1-3-6-11/h1-7,10H,8-9,17H2. The molecule has 0 amide bonds. The molecule has 1 aliphatic carbocycles. The maximum Gasteiger partial charge on any atom is 0.231 e. The number of nitrogens with two attached hydrogens (primary N) is 1. The summed E-state index contributed by atoms with van der Waals surface area (Å²) in [4.78, 5) is 1.13. The number of hydrogen-bond donors (Lipinski definition) is 1. The Morgan fingerprint density at radius 2 is 1.90 bits per heavy atom. The summed E-state index contributed by atoms with van der Waals surface area (Å²) in [5, 5.41) is 6.34. The van der Waals surface area contributed by atoms with Gasteiger partial charge in [-0.3, -0.25) is 0 Å². The normalized spacial score (nSPS) is 16.2. The highest BCUT2D eigenvalue weighted by Crippen LogP contribution is 2.56. The molecule has 0 bridgehead atoms. The largest absolute Gasteiger partial charge is 0.367 e. The van der Waals surface area contributed by atoms with Crippen molar-refractivity contribution in [2.75, 3.05) is 5.73 Å². The smallest absolute Gasteiger partial charge is 0.231 e. The minimum Gasteiger partial charge on any atom is -0.367 e. The molecule has 20 heavy (non-hydrogen) atoms. The molecule has 0 saturated heterocycles. The number of hydrogen-bond acceptors (Lipinski definition) is 4. The molecule has 1 aliphatic rings. The van der Waals surface area contributed by atoms with Gasteiger partial charge in [0.1, 0.15) is 5.69 Å². The first-order valence-corrected chi connectivity index (χ1v) is 7.54. The van der Waals surface area contributed by atoms with E-state index in [1.165, 1.54) is 5.56 Å². The van der Waals surface area contributed by atoms with Crippen molar-refractivity contribution in [1.29, 1.82) is 0 Å². The highest BCUT2D eigenvalue weighted by molar-refractivity contribution is 7.13. The molecule has 1 aromatic carbocycles. The Morgan fingerprint density at radius 1 is 1.10 bits per heavy atom. The van der Waals surface area contributed by atoms with Crippen molar-refractivity contribution in [3.05, 3.63) is 59.1 Å². The maximum atomic E-state index is 6.01. The second kappa shape index (κ2) is 4.21. The molecule has 3 nitrogen and oxygen atoms in total. The molecule has 1 saturated carbocycles. The zero-order chi connectivity index (χ0) is 13.6. The van der Waals surface area contributed by atoms with Gasteiger partial charge < -0.3 is 10.3 Å². The number of rotatable bonds is 3. The van der Waals surface area contributed by atoms with E-state index in [9.17, 15) is 0 Å². The van der Waals surface area contributed by atoms with Crippen molar-refractivity contribution >= 4 is 17.2 Å². The van der Waals surface area contributed by atoms with Crippen LogP contribution < -0.4 is 5.73 Å². The zero-order valence-electron chi connectivity index (χ0n) is 10.9. The van der Waals surface area contributed by atoms with Crippen molar-refractivity contribution in [2.24, 2.45) is 0 Å². The number of thiophene rings is 1. The van der Waals surface area contributed by atoms with Crippen LogP contribution >= 0.6 is 11.3 Å². The van der Waals surface area contributed by atoms with E-state index < -0.39 is 0 Å². The quantitative estimate of drug-likeness (QED) is 0.788. The van der Waals surface area contributed by atoms with Crippen LogP contribution in [0, 0.1) is 0 Å². The Bertz CT molecular complexity index is 727. The van der Waals surface area contributed by atoms with Gasteiger partial charge in [0.2, 0.25) is 5.88 Å². The van der Waals surface area contributed by atoms with Crippen LogP contribution in [-0.4, -0.2) is 5.16 Å². The van der Waals surface area contributed by atoms with E-state index >= 15 is 0 Å². The fraction of sp³-hybridized carbons (Fsp3) is 0.188. The number of nitrogens with zero attached hydrogens (tertiary/aromatic N) is 1. The van der Waals surface area contributed by atoms with Gasteiger partial charge in [-0.05, 0) is 29.9 Å². The third-order valence-electron chi connectivity index (χ3n) is 4.02. The van der Waals surface area contributed by atoms with Crippen molar-refractivity contribution < 1.29 is 4.52 Å². The topological polar surface area (TPSA) is 52.0 Å². The first kappa shape index (κ1) is 11.7. The highest BCUT2D eigenvalue weighted by Gasteiger charge is 2.50. The number of nitrogen functional groups attached to an aromatic ring is 1. The Labute approximate surface area is 121 Å². The van der Waals surface area contributed by atoms with Gasteiger partial charge in [0, 0.05) is 10.3 Å². The van der Waals surface area contributed by atoms with Crippen molar-refractivity contribution in [3.8, 4) is 10.4 Å². The van der Waals surface area contributed by atoms with Crippen molar-refractivity contribution in [1.82, 2.24) is 5.16 Å². The monoisotopic (exact) mass is 282 g/mol. The number of benzene rings is 1. The fourth-order valence-electron chi connectivity index (χ4n) is 2.83. The molecular weight excluding hydrogens is 268 g/mol. The summed E-state index contributed by atoms with van der Waals surface area (Å²) < 4.78 is 5.30. The lowest BCUT2D eigenvalue weighted by molar-refractivity contribution is 0.422. The zero-order valence-corrected chi connectivity index (χ0v) is 11.7. The van der Waals surface area contributed by atoms with E-state index in [4.69, 9.17) is 10.3 Å². The maximum absolute atomic E-state index is 6.01. The molecule has 2 heterocycles. The highest BCUT2D eigenvalue weighted by atomic mass is 32.1. The Balaban J connectivity index is 1.89. The van der Waals surface area contributed by atoms with Crippen LogP contribution in [0.4, 0.5) is 5.88 Å². The van der Waals surface area contributed by atoms with E-state index in [1.807, 2.05) is 17.5 Å². The second-order valence-corrected chi connectivity index (χ2v) is 6.14. The van der Waals surface area contributed by atoms with Crippen LogP contribution in [0.15, 0.2) is 52.4 Å². The summed E-state index contributed by atoms with van der Waals surface area (Å²) in [5.41, 5.74) is 9.26. The van der Waals surface area contributed by atoms with Gasteiger partial charge >= 0.3 is 0 Å². The van der Waals surface area contributed by atoms with Gasteiger partial charge in [0.25, 0.3) is 0 Å². The van der Waals surface area contributed by atoms with Crippen LogP contribution in [0.2, 0.25) is 0 Å². The predicted octanol–water partition coefficient (Wildman–Crippen LogP) is 4.07. The van der Waals surface area contributed by atoms with Gasteiger partial charge in [-0.2, -0.15) is 0 Å². The fourth-order valence-corrected chi connectivity index (χ4v) is 3.61. The molecule has 0 atom stereocenters. The minimum absolute atomic E-state index is 0.0122. The van der Waals surface area contributed by atoms with Gasteiger partial charge in [-0.1, -0.05) is 41.6 Å². The van der Waals surface area contributed by atoms with Crippen molar-refractivity contribution in [2.45, 2.75) is 18.3 Å². The summed E-state index contributed by atoms with van der Waals surface area (Å²) in [7, 11) is 0. The SMILES string of the molecule is Nc1onc(C2(c3ccccc3)CC2)c1-c1cccs1. The third-order valence-corrected chi connectivity index (χ3v) is 4.90. The molecule has 4 heteroatoms. The Kier molecular flexibility index (Phi) is 2.47. The molecule has 4 rings (SSSR count). The predicted molar refractivity (Wildman–Crippen MR) is 80.7 cm³/mol. The first-order chi connectivity index (χ1) is 9.81. The van der Waals surface area contributed by atoms with Crippen LogP contribution in [0.3, 0.4) is 0 Å². The lowest BCUT2D eigenvalue weighted by Crippen LogP contribution is -2.10.